The number of benzene rings is 1. The Hall–Kier alpha value is -1.73. The smallest absolute Gasteiger partial charge is 0.261 e. The van der Waals surface area contributed by atoms with Gasteiger partial charge in [-0.15, -0.1) is 0 Å². The Labute approximate surface area is 143 Å². The molecule has 7 heteroatoms. The largest absolute Gasteiger partial charge is 0.383 e. The number of imide groups is 1. The number of carbonyl (C=O) groups is 3. The molecule has 1 unspecified atom stereocenters. The van der Waals surface area contributed by atoms with E-state index in [4.69, 9.17) is 4.74 Å². The van der Waals surface area contributed by atoms with Crippen LogP contribution in [0.25, 0.3) is 0 Å². The van der Waals surface area contributed by atoms with Crippen molar-refractivity contribution in [2.45, 2.75) is 25.8 Å². The van der Waals surface area contributed by atoms with Gasteiger partial charge in [0.2, 0.25) is 5.91 Å². The van der Waals surface area contributed by atoms with E-state index in [0.29, 0.717) is 24.2 Å². The van der Waals surface area contributed by atoms with Crippen LogP contribution in [0.3, 0.4) is 0 Å². The lowest BCUT2D eigenvalue weighted by Gasteiger charge is -2.15. The van der Waals surface area contributed by atoms with Gasteiger partial charge in [-0.3, -0.25) is 19.3 Å². The van der Waals surface area contributed by atoms with Gasteiger partial charge in [0.25, 0.3) is 11.8 Å². The summed E-state index contributed by atoms with van der Waals surface area (Å²) in [6.45, 7) is 2.53. The van der Waals surface area contributed by atoms with Crippen LogP contribution in [-0.2, 0) is 9.53 Å². The number of methoxy groups -OCH3 is 1. The molecule has 1 aliphatic rings. The maximum absolute atomic E-state index is 12.3. The molecule has 1 N–H and O–H groups in total. The number of fused-ring (bicyclic) bond motifs is 1. The Morgan fingerprint density at radius 2 is 2.00 bits per heavy atom. The van der Waals surface area contributed by atoms with Crippen molar-refractivity contribution in [3.63, 3.8) is 0 Å². The SMILES string of the molecule is COCC(C)NC(=O)CCCN1C(=O)c2ccc(Br)cc2C1=O. The van der Waals surface area contributed by atoms with Gasteiger partial charge in [-0.2, -0.15) is 0 Å². The van der Waals surface area contributed by atoms with Gasteiger partial charge in [0.15, 0.2) is 0 Å². The molecule has 6 nitrogen and oxygen atoms in total. The zero-order valence-electron chi connectivity index (χ0n) is 13.1. The fourth-order valence-corrected chi connectivity index (χ4v) is 2.86. The summed E-state index contributed by atoms with van der Waals surface area (Å²) in [5.74, 6) is -0.723. The van der Waals surface area contributed by atoms with E-state index in [9.17, 15) is 14.4 Å². The van der Waals surface area contributed by atoms with Crippen molar-refractivity contribution in [1.82, 2.24) is 10.2 Å². The molecule has 3 amide bonds. The first-order chi connectivity index (χ1) is 10.9. The van der Waals surface area contributed by atoms with Crippen molar-refractivity contribution in [3.8, 4) is 0 Å². The average molecular weight is 383 g/mol. The van der Waals surface area contributed by atoms with Crippen LogP contribution < -0.4 is 5.32 Å². The molecule has 1 atom stereocenters. The van der Waals surface area contributed by atoms with E-state index in [0.717, 1.165) is 4.47 Å². The molecule has 0 bridgehead atoms. The van der Waals surface area contributed by atoms with Crippen LogP contribution in [0.5, 0.6) is 0 Å². The van der Waals surface area contributed by atoms with Crippen LogP contribution in [0.15, 0.2) is 22.7 Å². The molecule has 2 rings (SSSR count). The summed E-state index contributed by atoms with van der Waals surface area (Å²) in [5.41, 5.74) is 0.818. The zero-order valence-corrected chi connectivity index (χ0v) is 14.7. The minimum atomic E-state index is -0.306. The van der Waals surface area contributed by atoms with Gasteiger partial charge in [0.1, 0.15) is 0 Å². The predicted molar refractivity (Wildman–Crippen MR) is 88.2 cm³/mol. The molecule has 0 aromatic heterocycles. The van der Waals surface area contributed by atoms with Crippen molar-refractivity contribution in [2.24, 2.45) is 0 Å². The molecule has 23 heavy (non-hydrogen) atoms. The van der Waals surface area contributed by atoms with E-state index in [1.54, 1.807) is 25.3 Å². The summed E-state index contributed by atoms with van der Waals surface area (Å²) in [6, 6.07) is 4.95. The van der Waals surface area contributed by atoms with Gasteiger partial charge in [-0.25, -0.2) is 0 Å². The Bertz CT molecular complexity index is 633. The average Bonchev–Trinajstić information content (AvgIpc) is 2.72. The molecule has 0 saturated heterocycles. The maximum Gasteiger partial charge on any atom is 0.261 e. The number of rotatable bonds is 7. The molecule has 1 aromatic carbocycles. The van der Waals surface area contributed by atoms with E-state index in [-0.39, 0.29) is 36.7 Å². The van der Waals surface area contributed by atoms with Crippen molar-refractivity contribution >= 4 is 33.7 Å². The first-order valence-electron chi connectivity index (χ1n) is 7.38. The molecule has 0 radical (unpaired) electrons. The number of halogens is 1. The monoisotopic (exact) mass is 382 g/mol. The summed E-state index contributed by atoms with van der Waals surface area (Å²) in [6.07, 6.45) is 0.684. The number of nitrogens with one attached hydrogen (secondary N) is 1. The Kier molecular flexibility index (Phi) is 5.90. The zero-order chi connectivity index (χ0) is 17.0. The molecule has 1 heterocycles. The Balaban J connectivity index is 1.87. The molecular formula is C16H19BrN2O4. The van der Waals surface area contributed by atoms with Crippen molar-refractivity contribution in [2.75, 3.05) is 20.3 Å². The summed E-state index contributed by atoms with van der Waals surface area (Å²) in [4.78, 5) is 37.5. The molecule has 0 aliphatic carbocycles. The van der Waals surface area contributed by atoms with Gasteiger partial charge in [0.05, 0.1) is 17.7 Å². The third-order valence-electron chi connectivity index (χ3n) is 3.54. The second kappa shape index (κ2) is 7.70. The molecule has 1 aliphatic heterocycles. The predicted octanol–water partition coefficient (Wildman–Crippen LogP) is 1.98. The normalized spacial score (nSPS) is 14.8. The van der Waals surface area contributed by atoms with Crippen molar-refractivity contribution in [3.05, 3.63) is 33.8 Å². The second-order valence-corrected chi connectivity index (χ2v) is 6.39. The molecule has 0 saturated carbocycles. The standard InChI is InChI=1S/C16H19BrN2O4/c1-10(9-23-2)18-14(20)4-3-7-19-15(21)12-6-5-11(17)8-13(12)16(19)22/h5-6,8,10H,3-4,7,9H2,1-2H3,(H,18,20). The van der Waals surface area contributed by atoms with Crippen LogP contribution in [0, 0.1) is 0 Å². The molecule has 0 fully saturated rings. The quantitative estimate of drug-likeness (QED) is 0.731. The highest BCUT2D eigenvalue weighted by molar-refractivity contribution is 9.10. The van der Waals surface area contributed by atoms with Crippen LogP contribution >= 0.6 is 15.9 Å². The third-order valence-corrected chi connectivity index (χ3v) is 4.04. The van der Waals surface area contributed by atoms with Crippen LogP contribution in [0.4, 0.5) is 0 Å². The number of amides is 3. The lowest BCUT2D eigenvalue weighted by molar-refractivity contribution is -0.122. The number of nitrogens with zero attached hydrogens (tertiary/aromatic N) is 1. The van der Waals surface area contributed by atoms with Crippen molar-refractivity contribution < 1.29 is 19.1 Å². The van der Waals surface area contributed by atoms with Gasteiger partial charge < -0.3 is 10.1 Å². The van der Waals surface area contributed by atoms with E-state index < -0.39 is 0 Å². The second-order valence-electron chi connectivity index (χ2n) is 5.48. The highest BCUT2D eigenvalue weighted by atomic mass is 79.9. The first-order valence-corrected chi connectivity index (χ1v) is 8.17. The van der Waals surface area contributed by atoms with Gasteiger partial charge in [-0.1, -0.05) is 15.9 Å². The highest BCUT2D eigenvalue weighted by Gasteiger charge is 2.35. The summed E-state index contributed by atoms with van der Waals surface area (Å²) >= 11 is 3.29. The van der Waals surface area contributed by atoms with Crippen LogP contribution in [0.2, 0.25) is 0 Å². The highest BCUT2D eigenvalue weighted by Crippen LogP contribution is 2.26. The third kappa shape index (κ3) is 4.17. The van der Waals surface area contributed by atoms with Gasteiger partial charge in [-0.05, 0) is 31.5 Å². The first kappa shape index (κ1) is 17.6. The molecule has 0 spiro atoms. The van der Waals surface area contributed by atoms with Gasteiger partial charge >= 0.3 is 0 Å². The number of hydrogen-bond acceptors (Lipinski definition) is 4. The van der Waals surface area contributed by atoms with E-state index in [2.05, 4.69) is 21.2 Å². The number of carbonyl (C=O) groups excluding carboxylic acids is 3. The van der Waals surface area contributed by atoms with Gasteiger partial charge in [0, 0.05) is 30.6 Å². The van der Waals surface area contributed by atoms with E-state index in [1.165, 1.54) is 4.90 Å². The van der Waals surface area contributed by atoms with E-state index >= 15 is 0 Å². The Morgan fingerprint density at radius 1 is 1.30 bits per heavy atom. The summed E-state index contributed by atoms with van der Waals surface area (Å²) in [7, 11) is 1.57. The Morgan fingerprint density at radius 3 is 2.70 bits per heavy atom. The minimum absolute atomic E-state index is 0.0656. The fraction of sp³-hybridized carbons (Fsp3) is 0.438. The fourth-order valence-electron chi connectivity index (χ4n) is 2.50. The molecule has 1 aromatic rings. The van der Waals surface area contributed by atoms with E-state index in [1.807, 2.05) is 6.92 Å². The molecular weight excluding hydrogens is 364 g/mol. The summed E-state index contributed by atoms with van der Waals surface area (Å²) in [5, 5.41) is 2.79. The summed E-state index contributed by atoms with van der Waals surface area (Å²) < 4.78 is 5.70. The molecule has 124 valence electrons. The lowest BCUT2D eigenvalue weighted by atomic mass is 10.1. The van der Waals surface area contributed by atoms with Crippen LogP contribution in [0.1, 0.15) is 40.5 Å². The van der Waals surface area contributed by atoms with Crippen LogP contribution in [-0.4, -0.2) is 48.9 Å². The number of ether oxygens (including phenoxy) is 1. The van der Waals surface area contributed by atoms with Crippen molar-refractivity contribution in [1.29, 1.82) is 0 Å². The minimum Gasteiger partial charge on any atom is -0.383 e. The maximum atomic E-state index is 12.3. The lowest BCUT2D eigenvalue weighted by Crippen LogP contribution is -2.36. The number of hydrogen-bond donors (Lipinski definition) is 1. The topological polar surface area (TPSA) is 75.7 Å².